The number of aromatic nitrogens is 1. The Morgan fingerprint density at radius 1 is 1.61 bits per heavy atom. The normalized spacial score (nSPS) is 19.5. The van der Waals surface area contributed by atoms with Crippen molar-refractivity contribution in [1.82, 2.24) is 10.3 Å². The first-order chi connectivity index (χ1) is 8.66. The fourth-order valence-electron chi connectivity index (χ4n) is 2.23. The zero-order valence-electron chi connectivity index (χ0n) is 10.7. The van der Waals surface area contributed by atoms with E-state index in [4.69, 9.17) is 5.73 Å². The fourth-order valence-corrected chi connectivity index (χ4v) is 2.23. The quantitative estimate of drug-likeness (QED) is 0.739. The van der Waals surface area contributed by atoms with Crippen LogP contribution >= 0.6 is 0 Å². The number of nitrogens with one attached hydrogen (secondary N) is 2. The summed E-state index contributed by atoms with van der Waals surface area (Å²) in [5, 5.41) is 6.62. The van der Waals surface area contributed by atoms with Crippen LogP contribution in [0.5, 0.6) is 0 Å². The highest BCUT2D eigenvalue weighted by Crippen LogP contribution is 2.15. The zero-order chi connectivity index (χ0) is 13.0. The van der Waals surface area contributed by atoms with Gasteiger partial charge in [0.1, 0.15) is 5.82 Å². The van der Waals surface area contributed by atoms with E-state index in [9.17, 15) is 4.79 Å². The Hall–Kier alpha value is -1.62. The van der Waals surface area contributed by atoms with E-state index in [0.29, 0.717) is 17.3 Å². The van der Waals surface area contributed by atoms with E-state index < -0.39 is 5.91 Å². The molecule has 0 aromatic carbocycles. The lowest BCUT2D eigenvalue weighted by Gasteiger charge is -2.23. The van der Waals surface area contributed by atoms with Gasteiger partial charge in [-0.25, -0.2) is 4.98 Å². The van der Waals surface area contributed by atoms with Gasteiger partial charge in [-0.1, -0.05) is 0 Å². The number of carbonyl (C=O) groups excluding carboxylic acids is 1. The molecule has 1 aliphatic rings. The molecule has 0 spiro atoms. The van der Waals surface area contributed by atoms with Crippen molar-refractivity contribution in [2.45, 2.75) is 19.8 Å². The van der Waals surface area contributed by atoms with E-state index >= 15 is 0 Å². The lowest BCUT2D eigenvalue weighted by molar-refractivity contribution is 0.100. The molecule has 0 aliphatic carbocycles. The lowest BCUT2D eigenvalue weighted by Crippen LogP contribution is -2.34. The highest BCUT2D eigenvalue weighted by Gasteiger charge is 2.15. The number of primary amides is 1. The van der Waals surface area contributed by atoms with E-state index in [1.54, 1.807) is 12.1 Å². The second-order valence-electron chi connectivity index (χ2n) is 4.81. The first-order valence-electron chi connectivity index (χ1n) is 6.39. The smallest absolute Gasteiger partial charge is 0.252 e. The third-order valence-corrected chi connectivity index (χ3v) is 3.26. The second kappa shape index (κ2) is 5.82. The minimum Gasteiger partial charge on any atom is -0.369 e. The first-order valence-corrected chi connectivity index (χ1v) is 6.39. The van der Waals surface area contributed by atoms with Crippen LogP contribution in [0.4, 0.5) is 5.82 Å². The Morgan fingerprint density at radius 2 is 2.44 bits per heavy atom. The summed E-state index contributed by atoms with van der Waals surface area (Å²) in [6.45, 7) is 4.85. The van der Waals surface area contributed by atoms with Gasteiger partial charge in [0.2, 0.25) is 0 Å². The number of hydrogen-bond acceptors (Lipinski definition) is 4. The molecule has 1 atom stereocenters. The summed E-state index contributed by atoms with van der Waals surface area (Å²) in [5.74, 6) is 0.752. The number of piperidine rings is 1. The molecule has 1 aromatic rings. The van der Waals surface area contributed by atoms with Crippen molar-refractivity contribution < 1.29 is 4.79 Å². The third kappa shape index (κ3) is 3.20. The van der Waals surface area contributed by atoms with Crippen molar-refractivity contribution in [2.75, 3.05) is 25.0 Å². The van der Waals surface area contributed by atoms with Crippen molar-refractivity contribution >= 4 is 11.7 Å². The summed E-state index contributed by atoms with van der Waals surface area (Å²) in [6, 6.07) is 3.53. The van der Waals surface area contributed by atoms with E-state index in [2.05, 4.69) is 15.6 Å². The molecule has 0 saturated carbocycles. The molecule has 1 unspecified atom stereocenters. The van der Waals surface area contributed by atoms with Gasteiger partial charge >= 0.3 is 0 Å². The van der Waals surface area contributed by atoms with Gasteiger partial charge in [0, 0.05) is 12.2 Å². The number of pyridine rings is 1. The zero-order valence-corrected chi connectivity index (χ0v) is 10.7. The van der Waals surface area contributed by atoms with Crippen molar-refractivity contribution in [2.24, 2.45) is 11.7 Å². The van der Waals surface area contributed by atoms with Crippen molar-refractivity contribution in [3.63, 3.8) is 0 Å². The molecule has 1 saturated heterocycles. The number of amides is 1. The van der Waals surface area contributed by atoms with E-state index in [1.165, 1.54) is 12.8 Å². The Balaban J connectivity index is 2.03. The number of anilines is 1. The molecular formula is C13H20N4O. The average Bonchev–Trinajstić information content (AvgIpc) is 2.37. The van der Waals surface area contributed by atoms with Crippen LogP contribution in [0.3, 0.4) is 0 Å². The Labute approximate surface area is 107 Å². The molecule has 1 fully saturated rings. The van der Waals surface area contributed by atoms with Crippen LogP contribution in [0.25, 0.3) is 0 Å². The maximum atomic E-state index is 11.3. The Bertz CT molecular complexity index is 427. The van der Waals surface area contributed by atoms with Crippen LogP contribution in [-0.4, -0.2) is 30.5 Å². The van der Waals surface area contributed by atoms with Gasteiger partial charge < -0.3 is 16.4 Å². The van der Waals surface area contributed by atoms with Gasteiger partial charge in [0.05, 0.1) is 5.56 Å². The molecule has 0 bridgehead atoms. The number of nitrogens with two attached hydrogens (primary N) is 1. The molecule has 18 heavy (non-hydrogen) atoms. The maximum Gasteiger partial charge on any atom is 0.252 e. The first kappa shape index (κ1) is 12.8. The molecule has 5 heteroatoms. The molecule has 1 amide bonds. The molecule has 5 nitrogen and oxygen atoms in total. The van der Waals surface area contributed by atoms with Gasteiger partial charge in [0.15, 0.2) is 0 Å². The molecule has 2 heterocycles. The molecule has 0 radical (unpaired) electrons. The summed E-state index contributed by atoms with van der Waals surface area (Å²) in [7, 11) is 0. The second-order valence-corrected chi connectivity index (χ2v) is 4.81. The SMILES string of the molecule is Cc1ccc(C(N)=O)c(NCC2CCCNC2)n1. The summed E-state index contributed by atoms with van der Waals surface area (Å²) < 4.78 is 0. The van der Waals surface area contributed by atoms with E-state index in [1.807, 2.05) is 6.92 Å². The summed E-state index contributed by atoms with van der Waals surface area (Å²) >= 11 is 0. The number of hydrogen-bond donors (Lipinski definition) is 3. The predicted molar refractivity (Wildman–Crippen MR) is 71.6 cm³/mol. The van der Waals surface area contributed by atoms with Crippen LogP contribution in [0, 0.1) is 12.8 Å². The van der Waals surface area contributed by atoms with Crippen LogP contribution in [-0.2, 0) is 0 Å². The standard InChI is InChI=1S/C13H20N4O/c1-9-4-5-11(12(14)18)13(17-9)16-8-10-3-2-6-15-7-10/h4-5,10,15H,2-3,6-8H2,1H3,(H2,14,18)(H,16,17). The highest BCUT2D eigenvalue weighted by molar-refractivity contribution is 5.97. The van der Waals surface area contributed by atoms with Crippen LogP contribution in [0.15, 0.2) is 12.1 Å². The van der Waals surface area contributed by atoms with E-state index in [0.717, 1.165) is 25.3 Å². The molecule has 98 valence electrons. The maximum absolute atomic E-state index is 11.3. The van der Waals surface area contributed by atoms with Gasteiger partial charge in [-0.3, -0.25) is 4.79 Å². The number of carbonyl (C=O) groups is 1. The van der Waals surface area contributed by atoms with Crippen molar-refractivity contribution in [3.05, 3.63) is 23.4 Å². The van der Waals surface area contributed by atoms with Crippen molar-refractivity contribution in [1.29, 1.82) is 0 Å². The monoisotopic (exact) mass is 248 g/mol. The molecule has 2 rings (SSSR count). The van der Waals surface area contributed by atoms with Gasteiger partial charge in [0.25, 0.3) is 5.91 Å². The number of rotatable bonds is 4. The number of aryl methyl sites for hydroxylation is 1. The fraction of sp³-hybridized carbons (Fsp3) is 0.538. The predicted octanol–water partition coefficient (Wildman–Crippen LogP) is 0.900. The third-order valence-electron chi connectivity index (χ3n) is 3.26. The van der Waals surface area contributed by atoms with Crippen LogP contribution < -0.4 is 16.4 Å². The Kier molecular flexibility index (Phi) is 4.15. The van der Waals surface area contributed by atoms with E-state index in [-0.39, 0.29) is 0 Å². The van der Waals surface area contributed by atoms with Gasteiger partial charge in [-0.2, -0.15) is 0 Å². The average molecular weight is 248 g/mol. The molecule has 1 aliphatic heterocycles. The van der Waals surface area contributed by atoms with Gasteiger partial charge in [-0.15, -0.1) is 0 Å². The Morgan fingerprint density at radius 3 is 3.11 bits per heavy atom. The van der Waals surface area contributed by atoms with Crippen molar-refractivity contribution in [3.8, 4) is 0 Å². The molecular weight excluding hydrogens is 228 g/mol. The minimum absolute atomic E-state index is 0.438. The van der Waals surface area contributed by atoms with Crippen LogP contribution in [0.2, 0.25) is 0 Å². The summed E-state index contributed by atoms with van der Waals surface area (Å²) in [6.07, 6.45) is 2.41. The molecule has 1 aromatic heterocycles. The highest BCUT2D eigenvalue weighted by atomic mass is 16.1. The number of nitrogens with zero attached hydrogens (tertiary/aromatic N) is 1. The molecule has 4 N–H and O–H groups in total. The van der Waals surface area contributed by atoms with Gasteiger partial charge in [-0.05, 0) is 50.9 Å². The lowest BCUT2D eigenvalue weighted by atomic mass is 10.00. The topological polar surface area (TPSA) is 80.0 Å². The minimum atomic E-state index is -0.438. The van der Waals surface area contributed by atoms with Crippen LogP contribution in [0.1, 0.15) is 28.9 Å². The largest absolute Gasteiger partial charge is 0.369 e. The summed E-state index contributed by atoms with van der Waals surface area (Å²) in [5.41, 5.74) is 6.68. The summed E-state index contributed by atoms with van der Waals surface area (Å²) in [4.78, 5) is 15.7.